The molecule has 0 amide bonds. The molecule has 102 valence electrons. The maximum atomic E-state index is 12.0. The van der Waals surface area contributed by atoms with Crippen molar-refractivity contribution in [3.63, 3.8) is 0 Å². The van der Waals surface area contributed by atoms with Gasteiger partial charge in [0.2, 0.25) is 0 Å². The fourth-order valence-electron chi connectivity index (χ4n) is 1.51. The average molecular weight is 253 g/mol. The highest BCUT2D eigenvalue weighted by molar-refractivity contribution is 5.90. The van der Waals surface area contributed by atoms with Crippen LogP contribution in [-0.2, 0) is 11.2 Å². The lowest BCUT2D eigenvalue weighted by atomic mass is 9.87. The molecule has 0 saturated carbocycles. The summed E-state index contributed by atoms with van der Waals surface area (Å²) in [5, 5.41) is 6.78. The summed E-state index contributed by atoms with van der Waals surface area (Å²) in [7, 11) is 0. The van der Waals surface area contributed by atoms with Gasteiger partial charge in [-0.25, -0.2) is 4.79 Å². The van der Waals surface area contributed by atoms with E-state index in [9.17, 15) is 4.79 Å². The largest absolute Gasteiger partial charge is 0.456 e. The zero-order valence-electron chi connectivity index (χ0n) is 11.8. The molecule has 1 heterocycles. The van der Waals surface area contributed by atoms with E-state index in [1.54, 1.807) is 0 Å². The van der Waals surface area contributed by atoms with Crippen molar-refractivity contribution in [3.8, 4) is 0 Å². The highest BCUT2D eigenvalue weighted by atomic mass is 16.6. The number of nitrogens with one attached hydrogen (secondary N) is 1. The summed E-state index contributed by atoms with van der Waals surface area (Å²) >= 11 is 0. The van der Waals surface area contributed by atoms with E-state index >= 15 is 0 Å². The Morgan fingerprint density at radius 2 is 2.00 bits per heavy atom. The predicted molar refractivity (Wildman–Crippen MR) is 70.3 cm³/mol. The molecular formula is C13H23N3O2. The van der Waals surface area contributed by atoms with E-state index in [4.69, 9.17) is 10.5 Å². The molecule has 0 aliphatic rings. The van der Waals surface area contributed by atoms with Crippen LogP contribution in [-0.4, -0.2) is 28.3 Å². The normalized spacial score (nSPS) is 12.6. The van der Waals surface area contributed by atoms with Gasteiger partial charge in [-0.3, -0.25) is 5.10 Å². The van der Waals surface area contributed by atoms with Gasteiger partial charge in [0.15, 0.2) is 0 Å². The third kappa shape index (κ3) is 4.14. The first-order chi connectivity index (χ1) is 8.14. The van der Waals surface area contributed by atoms with Gasteiger partial charge in [-0.05, 0) is 39.2 Å². The van der Waals surface area contributed by atoms with Crippen LogP contribution in [0.25, 0.3) is 0 Å². The van der Waals surface area contributed by atoms with Crippen molar-refractivity contribution in [2.45, 2.75) is 46.6 Å². The molecular weight excluding hydrogens is 230 g/mol. The maximum Gasteiger partial charge on any atom is 0.342 e. The lowest BCUT2D eigenvalue weighted by Crippen LogP contribution is -2.28. The molecule has 0 unspecified atom stereocenters. The first-order valence-corrected chi connectivity index (χ1v) is 6.10. The second-order valence-corrected chi connectivity index (χ2v) is 6.31. The number of aromatic nitrogens is 2. The van der Waals surface area contributed by atoms with Gasteiger partial charge < -0.3 is 10.5 Å². The number of esters is 1. The smallest absolute Gasteiger partial charge is 0.342 e. The lowest BCUT2D eigenvalue weighted by Gasteiger charge is -2.23. The summed E-state index contributed by atoms with van der Waals surface area (Å²) in [5.41, 5.74) is 6.38. The molecule has 1 aromatic heterocycles. The van der Waals surface area contributed by atoms with Gasteiger partial charge in [-0.15, -0.1) is 0 Å². The molecule has 0 bridgehead atoms. The van der Waals surface area contributed by atoms with E-state index < -0.39 is 5.60 Å². The number of nitrogens with zero attached hydrogens (tertiary/aromatic N) is 1. The average Bonchev–Trinajstić information content (AvgIpc) is 2.62. The Bertz CT molecular complexity index is 416. The van der Waals surface area contributed by atoms with Crippen LogP contribution in [0.15, 0.2) is 6.20 Å². The summed E-state index contributed by atoms with van der Waals surface area (Å²) < 4.78 is 5.34. The van der Waals surface area contributed by atoms with Gasteiger partial charge in [0, 0.05) is 0 Å². The molecule has 5 heteroatoms. The van der Waals surface area contributed by atoms with Crippen molar-refractivity contribution < 1.29 is 9.53 Å². The molecule has 0 aliphatic heterocycles. The van der Waals surface area contributed by atoms with Crippen LogP contribution in [0, 0.1) is 5.41 Å². The van der Waals surface area contributed by atoms with E-state index in [0.29, 0.717) is 18.5 Å². The molecule has 1 rings (SSSR count). The highest BCUT2D eigenvalue weighted by Gasteiger charge is 2.25. The van der Waals surface area contributed by atoms with Gasteiger partial charge >= 0.3 is 5.97 Å². The van der Waals surface area contributed by atoms with Gasteiger partial charge in [0.05, 0.1) is 11.9 Å². The van der Waals surface area contributed by atoms with Gasteiger partial charge in [0.1, 0.15) is 11.2 Å². The van der Waals surface area contributed by atoms with Crippen LogP contribution >= 0.6 is 0 Å². The minimum atomic E-state index is -0.505. The Balaban J connectivity index is 2.86. The van der Waals surface area contributed by atoms with Crippen LogP contribution in [0.1, 0.15) is 50.7 Å². The molecule has 0 fully saturated rings. The molecule has 0 aromatic carbocycles. The van der Waals surface area contributed by atoms with Gasteiger partial charge in [0.25, 0.3) is 0 Å². The second kappa shape index (κ2) is 5.10. The molecule has 1 aromatic rings. The lowest BCUT2D eigenvalue weighted by molar-refractivity contribution is 0.00681. The zero-order chi connectivity index (χ0) is 14.0. The number of carbonyl (C=O) groups excluding carboxylic acids is 1. The van der Waals surface area contributed by atoms with Crippen LogP contribution in [0.2, 0.25) is 0 Å². The molecule has 18 heavy (non-hydrogen) atoms. The molecule has 0 radical (unpaired) electrons. The van der Waals surface area contributed by atoms with E-state index in [1.807, 2.05) is 34.6 Å². The van der Waals surface area contributed by atoms with Crippen molar-refractivity contribution >= 4 is 5.97 Å². The molecule has 0 spiro atoms. The molecule has 0 aliphatic carbocycles. The van der Waals surface area contributed by atoms with E-state index in [0.717, 1.165) is 5.69 Å². The zero-order valence-corrected chi connectivity index (χ0v) is 11.8. The summed E-state index contributed by atoms with van der Waals surface area (Å²) in [4.78, 5) is 12.0. The first kappa shape index (κ1) is 14.7. The van der Waals surface area contributed by atoms with Crippen LogP contribution < -0.4 is 5.73 Å². The second-order valence-electron chi connectivity index (χ2n) is 6.31. The minimum absolute atomic E-state index is 0.0801. The summed E-state index contributed by atoms with van der Waals surface area (Å²) in [6.45, 7) is 10.2. The number of aromatic amines is 1. The Kier molecular flexibility index (Phi) is 4.16. The number of H-pyrrole nitrogens is 1. The van der Waals surface area contributed by atoms with Gasteiger partial charge in [-0.2, -0.15) is 5.10 Å². The van der Waals surface area contributed by atoms with Gasteiger partial charge in [-0.1, -0.05) is 13.8 Å². The Morgan fingerprint density at radius 1 is 1.39 bits per heavy atom. The highest BCUT2D eigenvalue weighted by Crippen LogP contribution is 2.22. The van der Waals surface area contributed by atoms with Crippen molar-refractivity contribution in [3.05, 3.63) is 17.5 Å². The predicted octanol–water partition coefficient (Wildman–Crippen LogP) is 1.89. The number of carbonyl (C=O) groups is 1. The third-order valence-electron chi connectivity index (χ3n) is 2.54. The Morgan fingerprint density at radius 3 is 2.50 bits per heavy atom. The van der Waals surface area contributed by atoms with Crippen molar-refractivity contribution in [1.82, 2.24) is 10.2 Å². The number of ether oxygens (including phenoxy) is 1. The van der Waals surface area contributed by atoms with E-state index in [-0.39, 0.29) is 11.4 Å². The van der Waals surface area contributed by atoms with Crippen molar-refractivity contribution in [1.29, 1.82) is 0 Å². The number of rotatable bonds is 4. The first-order valence-electron chi connectivity index (χ1n) is 6.10. The van der Waals surface area contributed by atoms with Crippen molar-refractivity contribution in [2.24, 2.45) is 11.1 Å². The monoisotopic (exact) mass is 253 g/mol. The molecule has 0 saturated heterocycles. The SMILES string of the molecule is CC(C)(CN)Cc1[nH]ncc1C(=O)OC(C)(C)C. The summed E-state index contributed by atoms with van der Waals surface area (Å²) in [6.07, 6.45) is 2.17. The fourth-order valence-corrected chi connectivity index (χ4v) is 1.51. The standard InChI is InChI=1S/C13H23N3O2/c1-12(2,3)18-11(17)9-7-15-16-10(9)6-13(4,5)8-14/h7H,6,8,14H2,1-5H3,(H,15,16). The molecule has 3 N–H and O–H groups in total. The van der Waals surface area contributed by atoms with Crippen LogP contribution in [0.4, 0.5) is 0 Å². The summed E-state index contributed by atoms with van der Waals surface area (Å²) in [5.74, 6) is -0.348. The number of hydrogen-bond acceptors (Lipinski definition) is 4. The van der Waals surface area contributed by atoms with E-state index in [2.05, 4.69) is 10.2 Å². The van der Waals surface area contributed by atoms with Crippen LogP contribution in [0.5, 0.6) is 0 Å². The molecule has 0 atom stereocenters. The number of nitrogens with two attached hydrogens (primary N) is 1. The third-order valence-corrected chi connectivity index (χ3v) is 2.54. The Hall–Kier alpha value is -1.36. The minimum Gasteiger partial charge on any atom is -0.456 e. The summed E-state index contributed by atoms with van der Waals surface area (Å²) in [6, 6.07) is 0. The van der Waals surface area contributed by atoms with E-state index in [1.165, 1.54) is 6.20 Å². The number of hydrogen-bond donors (Lipinski definition) is 2. The quantitative estimate of drug-likeness (QED) is 0.803. The fraction of sp³-hybridized carbons (Fsp3) is 0.692. The van der Waals surface area contributed by atoms with Crippen molar-refractivity contribution in [2.75, 3.05) is 6.54 Å². The maximum absolute atomic E-state index is 12.0. The molecule has 5 nitrogen and oxygen atoms in total. The Labute approximate surface area is 108 Å². The van der Waals surface area contributed by atoms with Crippen LogP contribution in [0.3, 0.4) is 0 Å². The topological polar surface area (TPSA) is 81.0 Å².